The number of nitrogens with zero attached hydrogens (tertiary/aromatic N) is 3. The molecule has 1 fully saturated rings. The summed E-state index contributed by atoms with van der Waals surface area (Å²) in [4.78, 5) is 13.1. The molecule has 1 saturated heterocycles. The summed E-state index contributed by atoms with van der Waals surface area (Å²) in [6, 6.07) is 12.1. The number of rotatable bonds is 5. The molecular weight excluding hydrogens is 334 g/mol. The van der Waals surface area contributed by atoms with Crippen molar-refractivity contribution in [2.45, 2.75) is 18.9 Å². The lowest BCUT2D eigenvalue weighted by Crippen LogP contribution is -2.24. The highest BCUT2D eigenvalue weighted by molar-refractivity contribution is 5.67. The first-order valence-corrected chi connectivity index (χ1v) is 8.26. The molecule has 0 aliphatic carbocycles. The van der Waals surface area contributed by atoms with Crippen LogP contribution in [0.1, 0.15) is 30.0 Å². The number of anilines is 1. The van der Waals surface area contributed by atoms with E-state index in [-0.39, 0.29) is 17.3 Å². The number of hydrogen-bond acceptors (Lipinski definition) is 6. The van der Waals surface area contributed by atoms with Gasteiger partial charge in [0.2, 0.25) is 0 Å². The molecule has 0 saturated carbocycles. The minimum atomic E-state index is -0.434. The average Bonchev–Trinajstić information content (AvgIpc) is 3.16. The molecule has 1 aliphatic heterocycles. The van der Waals surface area contributed by atoms with Gasteiger partial charge >= 0.3 is 0 Å². The Balaban J connectivity index is 2.05. The van der Waals surface area contributed by atoms with Crippen LogP contribution in [0.25, 0.3) is 0 Å². The van der Waals surface area contributed by atoms with E-state index in [1.165, 1.54) is 6.07 Å². The van der Waals surface area contributed by atoms with E-state index in [9.17, 15) is 10.1 Å². The van der Waals surface area contributed by atoms with Crippen molar-refractivity contribution < 1.29 is 14.4 Å². The number of methoxy groups -OCH3 is 2. The maximum atomic E-state index is 11.5. The topological polar surface area (TPSA) is 88.6 Å². The lowest BCUT2D eigenvalue weighted by molar-refractivity contribution is -0.384. The van der Waals surface area contributed by atoms with Crippen molar-refractivity contribution >= 4 is 11.4 Å². The predicted octanol–water partition coefficient (Wildman–Crippen LogP) is 3.83. The molecular formula is C19H19N3O4. The van der Waals surface area contributed by atoms with E-state index in [1.54, 1.807) is 26.4 Å². The zero-order valence-electron chi connectivity index (χ0n) is 14.6. The second-order valence-corrected chi connectivity index (χ2v) is 6.03. The first-order valence-electron chi connectivity index (χ1n) is 8.26. The van der Waals surface area contributed by atoms with Gasteiger partial charge in [0, 0.05) is 24.2 Å². The van der Waals surface area contributed by atoms with E-state index < -0.39 is 4.92 Å². The molecule has 1 heterocycles. The molecule has 1 unspecified atom stereocenters. The van der Waals surface area contributed by atoms with E-state index in [1.807, 2.05) is 29.2 Å². The minimum Gasteiger partial charge on any atom is -0.497 e. The summed E-state index contributed by atoms with van der Waals surface area (Å²) in [7, 11) is 3.19. The molecule has 7 heteroatoms. The van der Waals surface area contributed by atoms with E-state index in [0.29, 0.717) is 23.7 Å². The van der Waals surface area contributed by atoms with E-state index in [4.69, 9.17) is 14.7 Å². The number of benzene rings is 2. The maximum absolute atomic E-state index is 11.5. The van der Waals surface area contributed by atoms with Crippen LogP contribution in [0.3, 0.4) is 0 Å². The van der Waals surface area contributed by atoms with Gasteiger partial charge in [0.15, 0.2) is 0 Å². The Morgan fingerprint density at radius 3 is 2.69 bits per heavy atom. The zero-order chi connectivity index (χ0) is 18.7. The summed E-state index contributed by atoms with van der Waals surface area (Å²) < 4.78 is 10.8. The van der Waals surface area contributed by atoms with Gasteiger partial charge in [-0.2, -0.15) is 5.26 Å². The Hall–Kier alpha value is -3.27. The highest BCUT2D eigenvalue weighted by Gasteiger charge is 2.32. The van der Waals surface area contributed by atoms with E-state index >= 15 is 0 Å². The molecule has 0 radical (unpaired) electrons. The van der Waals surface area contributed by atoms with Crippen LogP contribution in [-0.2, 0) is 0 Å². The van der Waals surface area contributed by atoms with Crippen LogP contribution in [0.2, 0.25) is 0 Å². The number of nitriles is 1. The third-order valence-electron chi connectivity index (χ3n) is 4.66. The Morgan fingerprint density at radius 2 is 2.04 bits per heavy atom. The molecule has 0 amide bonds. The van der Waals surface area contributed by atoms with Gasteiger partial charge in [-0.1, -0.05) is 0 Å². The second kappa shape index (κ2) is 7.31. The summed E-state index contributed by atoms with van der Waals surface area (Å²) in [6.45, 7) is 0.701. The van der Waals surface area contributed by atoms with Gasteiger partial charge in [0.1, 0.15) is 17.2 Å². The van der Waals surface area contributed by atoms with Crippen LogP contribution in [-0.4, -0.2) is 25.7 Å². The molecule has 0 aromatic heterocycles. The van der Waals surface area contributed by atoms with Crippen LogP contribution >= 0.6 is 0 Å². The minimum absolute atomic E-state index is 0.0394. The molecule has 0 spiro atoms. The van der Waals surface area contributed by atoms with Crippen molar-refractivity contribution in [1.82, 2.24) is 0 Å². The SMILES string of the molecule is COc1ccc(C2CCCN2c2ccc(C#N)cc2[N+](=O)[O-])c(OC)c1. The first-order chi connectivity index (χ1) is 12.6. The fourth-order valence-corrected chi connectivity index (χ4v) is 3.45. The van der Waals surface area contributed by atoms with Crippen molar-refractivity contribution in [3.8, 4) is 17.6 Å². The molecule has 2 aromatic carbocycles. The van der Waals surface area contributed by atoms with Gasteiger partial charge in [0.25, 0.3) is 5.69 Å². The smallest absolute Gasteiger partial charge is 0.293 e. The Kier molecular flexibility index (Phi) is 4.94. The fraction of sp³-hybridized carbons (Fsp3) is 0.316. The van der Waals surface area contributed by atoms with Crippen molar-refractivity contribution in [2.75, 3.05) is 25.7 Å². The second-order valence-electron chi connectivity index (χ2n) is 6.03. The molecule has 0 N–H and O–H groups in total. The molecule has 3 rings (SSSR count). The number of ether oxygens (including phenoxy) is 2. The molecule has 0 bridgehead atoms. The van der Waals surface area contributed by atoms with Gasteiger partial charge in [-0.05, 0) is 37.1 Å². The van der Waals surface area contributed by atoms with Crippen LogP contribution in [0, 0.1) is 21.4 Å². The first kappa shape index (κ1) is 17.5. The Morgan fingerprint density at radius 1 is 1.23 bits per heavy atom. The highest BCUT2D eigenvalue weighted by Crippen LogP contribution is 2.43. The van der Waals surface area contributed by atoms with Crippen molar-refractivity contribution in [1.29, 1.82) is 5.26 Å². The van der Waals surface area contributed by atoms with Crippen LogP contribution in [0.15, 0.2) is 36.4 Å². The average molecular weight is 353 g/mol. The lowest BCUT2D eigenvalue weighted by atomic mass is 10.0. The van der Waals surface area contributed by atoms with Gasteiger partial charge < -0.3 is 14.4 Å². The lowest BCUT2D eigenvalue weighted by Gasteiger charge is -2.28. The normalized spacial score (nSPS) is 16.2. The molecule has 7 nitrogen and oxygen atoms in total. The third-order valence-corrected chi connectivity index (χ3v) is 4.66. The summed E-state index contributed by atoms with van der Waals surface area (Å²) in [5, 5.41) is 20.6. The molecule has 1 atom stereocenters. The standard InChI is InChI=1S/C19H19N3O4/c1-25-14-6-7-15(19(11-14)26-2)16-4-3-9-21(16)17-8-5-13(12-20)10-18(17)22(23)24/h5-8,10-11,16H,3-4,9H2,1-2H3. The van der Waals surface area contributed by atoms with Crippen LogP contribution < -0.4 is 14.4 Å². The Bertz CT molecular complexity index is 876. The van der Waals surface area contributed by atoms with Gasteiger partial charge in [-0.3, -0.25) is 10.1 Å². The van der Waals surface area contributed by atoms with Crippen molar-refractivity contribution in [3.63, 3.8) is 0 Å². The molecule has 1 aliphatic rings. The van der Waals surface area contributed by atoms with Crippen molar-refractivity contribution in [3.05, 3.63) is 57.6 Å². The number of nitro groups is 1. The van der Waals surface area contributed by atoms with E-state index in [2.05, 4.69) is 0 Å². The van der Waals surface area contributed by atoms with Gasteiger partial charge in [0.05, 0.1) is 36.8 Å². The monoisotopic (exact) mass is 353 g/mol. The zero-order valence-corrected chi connectivity index (χ0v) is 14.6. The summed E-state index contributed by atoms with van der Waals surface area (Å²) in [5.74, 6) is 1.39. The van der Waals surface area contributed by atoms with E-state index in [0.717, 1.165) is 18.4 Å². The molecule has 2 aromatic rings. The summed E-state index contributed by atoms with van der Waals surface area (Å²) in [6.07, 6.45) is 1.77. The van der Waals surface area contributed by atoms with Crippen molar-refractivity contribution in [2.24, 2.45) is 0 Å². The Labute approximate surface area is 151 Å². The fourth-order valence-electron chi connectivity index (χ4n) is 3.45. The third kappa shape index (κ3) is 3.14. The number of hydrogen-bond donors (Lipinski definition) is 0. The number of nitro benzene ring substituents is 1. The van der Waals surface area contributed by atoms with Gasteiger partial charge in [-0.15, -0.1) is 0 Å². The largest absolute Gasteiger partial charge is 0.497 e. The summed E-state index contributed by atoms with van der Waals surface area (Å²) in [5.41, 5.74) is 1.71. The molecule has 26 heavy (non-hydrogen) atoms. The quantitative estimate of drug-likeness (QED) is 0.599. The van der Waals surface area contributed by atoms with Gasteiger partial charge in [-0.25, -0.2) is 0 Å². The maximum Gasteiger partial charge on any atom is 0.293 e. The van der Waals surface area contributed by atoms with Crippen LogP contribution in [0.5, 0.6) is 11.5 Å². The van der Waals surface area contributed by atoms with Crippen LogP contribution in [0.4, 0.5) is 11.4 Å². The predicted molar refractivity (Wildman–Crippen MR) is 96.7 cm³/mol. The molecule has 134 valence electrons. The summed E-state index contributed by atoms with van der Waals surface area (Å²) >= 11 is 0. The highest BCUT2D eigenvalue weighted by atomic mass is 16.6.